The summed E-state index contributed by atoms with van der Waals surface area (Å²) < 4.78 is 51.7. The van der Waals surface area contributed by atoms with Crippen molar-refractivity contribution in [3.8, 4) is 11.3 Å². The quantitative estimate of drug-likeness (QED) is 0.562. The largest absolute Gasteiger partial charge is 0.444 e. The Balaban J connectivity index is 1.52. The van der Waals surface area contributed by atoms with Crippen LogP contribution in [0.25, 0.3) is 11.3 Å². The number of nitrogens with zero attached hydrogens (tertiary/aromatic N) is 4. The van der Waals surface area contributed by atoms with Crippen LogP contribution in [0.1, 0.15) is 37.9 Å². The summed E-state index contributed by atoms with van der Waals surface area (Å²) in [4.78, 5) is 28.2. The van der Waals surface area contributed by atoms with Gasteiger partial charge in [-0.2, -0.15) is 13.2 Å². The maximum atomic E-state index is 12.9. The first kappa shape index (κ1) is 25.4. The highest BCUT2D eigenvalue weighted by molar-refractivity contribution is 5.68. The van der Waals surface area contributed by atoms with Crippen LogP contribution in [0.15, 0.2) is 53.6 Å². The number of aromatic amines is 1. The summed E-state index contributed by atoms with van der Waals surface area (Å²) in [7, 11) is 0. The molecule has 1 N–H and O–H groups in total. The molecule has 0 radical (unpaired) electrons. The number of alkyl halides is 3. The number of rotatable bonds is 5. The standard InChI is InChI=1S/C24H26F3N5O4/c1-23(2,3)36-22(34)31-12-19(32-11-18(29-30-32)16-6-9-21(33)28-10-16)20(13-31)35-14-15-4-7-17(8-5-15)24(25,26)27/h4-11,19-20H,12-14H2,1-3H3,(H,28,33)/t19-,20-/m1/s1. The molecule has 1 aliphatic heterocycles. The second-order valence-electron chi connectivity index (χ2n) is 9.52. The summed E-state index contributed by atoms with van der Waals surface area (Å²) in [6.45, 7) is 5.79. The number of pyridine rings is 1. The van der Waals surface area contributed by atoms with E-state index in [1.165, 1.54) is 29.3 Å². The molecule has 3 heterocycles. The monoisotopic (exact) mass is 505 g/mol. The number of benzene rings is 1. The molecule has 0 spiro atoms. The fourth-order valence-electron chi connectivity index (χ4n) is 3.78. The van der Waals surface area contributed by atoms with Crippen molar-refractivity contribution in [2.24, 2.45) is 0 Å². The molecule has 2 aromatic heterocycles. The number of halogens is 3. The molecule has 12 heteroatoms. The van der Waals surface area contributed by atoms with Crippen LogP contribution in [0.5, 0.6) is 0 Å². The van der Waals surface area contributed by atoms with Gasteiger partial charge in [0.25, 0.3) is 0 Å². The van der Waals surface area contributed by atoms with E-state index in [1.54, 1.807) is 37.7 Å². The Labute approximate surface area is 204 Å². The van der Waals surface area contributed by atoms with E-state index in [1.807, 2.05) is 0 Å². The van der Waals surface area contributed by atoms with E-state index in [-0.39, 0.29) is 25.3 Å². The van der Waals surface area contributed by atoms with E-state index in [2.05, 4.69) is 15.3 Å². The summed E-state index contributed by atoms with van der Waals surface area (Å²) in [5.41, 5.74) is 0.0693. The summed E-state index contributed by atoms with van der Waals surface area (Å²) in [6, 6.07) is 7.32. The third-order valence-electron chi connectivity index (χ3n) is 5.56. The maximum Gasteiger partial charge on any atom is 0.416 e. The van der Waals surface area contributed by atoms with Crippen LogP contribution in [-0.2, 0) is 22.3 Å². The van der Waals surface area contributed by atoms with Crippen molar-refractivity contribution >= 4 is 6.09 Å². The molecule has 1 aromatic carbocycles. The van der Waals surface area contributed by atoms with Crippen molar-refractivity contribution in [1.82, 2.24) is 24.9 Å². The Morgan fingerprint density at radius 2 is 1.83 bits per heavy atom. The summed E-state index contributed by atoms with van der Waals surface area (Å²) in [5, 5.41) is 8.37. The number of amides is 1. The fourth-order valence-corrected chi connectivity index (χ4v) is 3.78. The normalized spacial score (nSPS) is 18.4. The van der Waals surface area contributed by atoms with E-state index >= 15 is 0 Å². The summed E-state index contributed by atoms with van der Waals surface area (Å²) in [5.74, 6) is 0. The lowest BCUT2D eigenvalue weighted by molar-refractivity contribution is -0.137. The molecule has 9 nitrogen and oxygen atoms in total. The molecule has 192 valence electrons. The Morgan fingerprint density at radius 1 is 1.11 bits per heavy atom. The van der Waals surface area contributed by atoms with Crippen molar-refractivity contribution in [2.45, 2.75) is 51.3 Å². The van der Waals surface area contributed by atoms with Crippen LogP contribution >= 0.6 is 0 Å². The Morgan fingerprint density at radius 3 is 2.44 bits per heavy atom. The van der Waals surface area contributed by atoms with E-state index in [9.17, 15) is 22.8 Å². The zero-order valence-electron chi connectivity index (χ0n) is 20.0. The Bertz CT molecular complexity index is 1240. The number of hydrogen-bond acceptors (Lipinski definition) is 6. The number of H-pyrrole nitrogens is 1. The van der Waals surface area contributed by atoms with Gasteiger partial charge in [-0.15, -0.1) is 5.10 Å². The first-order valence-corrected chi connectivity index (χ1v) is 11.3. The number of carbonyl (C=O) groups is 1. The Hall–Kier alpha value is -3.67. The molecular weight excluding hydrogens is 479 g/mol. The maximum absolute atomic E-state index is 12.9. The van der Waals surface area contributed by atoms with E-state index in [0.717, 1.165) is 12.1 Å². The molecule has 0 aliphatic carbocycles. The smallest absolute Gasteiger partial charge is 0.416 e. The minimum Gasteiger partial charge on any atom is -0.444 e. The van der Waals surface area contributed by atoms with Gasteiger partial charge in [0.2, 0.25) is 5.56 Å². The molecule has 0 bridgehead atoms. The van der Waals surface area contributed by atoms with Crippen molar-refractivity contribution in [2.75, 3.05) is 13.1 Å². The average Bonchev–Trinajstić information content (AvgIpc) is 3.44. The summed E-state index contributed by atoms with van der Waals surface area (Å²) >= 11 is 0. The number of likely N-dealkylation sites (tertiary alicyclic amines) is 1. The van der Waals surface area contributed by atoms with E-state index in [0.29, 0.717) is 16.8 Å². The number of hydrogen-bond donors (Lipinski definition) is 1. The van der Waals surface area contributed by atoms with Crippen molar-refractivity contribution in [3.63, 3.8) is 0 Å². The molecule has 3 aromatic rings. The van der Waals surface area contributed by atoms with Gasteiger partial charge in [-0.1, -0.05) is 17.3 Å². The lowest BCUT2D eigenvalue weighted by atomic mass is 10.1. The van der Waals surface area contributed by atoms with Gasteiger partial charge in [-0.25, -0.2) is 9.48 Å². The molecule has 1 aliphatic rings. The van der Waals surface area contributed by atoms with Crippen LogP contribution < -0.4 is 5.56 Å². The molecule has 1 fully saturated rings. The highest BCUT2D eigenvalue weighted by atomic mass is 19.4. The Kier molecular flexibility index (Phi) is 6.90. The first-order chi connectivity index (χ1) is 16.9. The van der Waals surface area contributed by atoms with E-state index in [4.69, 9.17) is 9.47 Å². The van der Waals surface area contributed by atoms with Gasteiger partial charge in [0.15, 0.2) is 0 Å². The third-order valence-corrected chi connectivity index (χ3v) is 5.56. The van der Waals surface area contributed by atoms with Crippen LogP contribution in [0, 0.1) is 0 Å². The molecule has 0 unspecified atom stereocenters. The summed E-state index contributed by atoms with van der Waals surface area (Å²) in [6.07, 6.45) is -2.23. The SMILES string of the molecule is CC(C)(C)OC(=O)N1C[C@@H](n2cc(-c3ccc(=O)[nH]c3)nn2)[C@H](OCc2ccc(C(F)(F)F)cc2)C1. The van der Waals surface area contributed by atoms with Gasteiger partial charge >= 0.3 is 12.3 Å². The van der Waals surface area contributed by atoms with Gasteiger partial charge in [0.1, 0.15) is 11.3 Å². The van der Waals surface area contributed by atoms with Crippen LogP contribution in [0.2, 0.25) is 0 Å². The third kappa shape index (κ3) is 6.11. The highest BCUT2D eigenvalue weighted by Crippen LogP contribution is 2.30. The van der Waals surface area contributed by atoms with Crippen LogP contribution in [-0.4, -0.2) is 55.8 Å². The molecule has 1 amide bonds. The second kappa shape index (κ2) is 9.76. The van der Waals surface area contributed by atoms with Gasteiger partial charge in [0, 0.05) is 24.4 Å². The lowest BCUT2D eigenvalue weighted by Gasteiger charge is -2.24. The molecular formula is C24H26F3N5O4. The fraction of sp³-hybridized carbons (Fsp3) is 0.417. The predicted octanol–water partition coefficient (Wildman–Crippen LogP) is 4.03. The second-order valence-corrected chi connectivity index (χ2v) is 9.52. The van der Waals surface area contributed by atoms with Gasteiger partial charge < -0.3 is 19.4 Å². The minimum atomic E-state index is -4.42. The van der Waals surface area contributed by atoms with Crippen molar-refractivity contribution in [1.29, 1.82) is 0 Å². The van der Waals surface area contributed by atoms with Crippen molar-refractivity contribution in [3.05, 3.63) is 70.3 Å². The number of ether oxygens (including phenoxy) is 2. The lowest BCUT2D eigenvalue weighted by Crippen LogP contribution is -2.36. The van der Waals surface area contributed by atoms with Crippen LogP contribution in [0.4, 0.5) is 18.0 Å². The molecule has 36 heavy (non-hydrogen) atoms. The molecule has 2 atom stereocenters. The minimum absolute atomic E-state index is 0.0446. The van der Waals surface area contributed by atoms with Gasteiger partial charge in [0.05, 0.1) is 37.1 Å². The van der Waals surface area contributed by atoms with Gasteiger partial charge in [-0.05, 0) is 44.5 Å². The predicted molar refractivity (Wildman–Crippen MR) is 123 cm³/mol. The van der Waals surface area contributed by atoms with Crippen LogP contribution in [0.3, 0.4) is 0 Å². The average molecular weight is 505 g/mol. The van der Waals surface area contributed by atoms with Gasteiger partial charge in [-0.3, -0.25) is 4.79 Å². The first-order valence-electron chi connectivity index (χ1n) is 11.3. The van der Waals surface area contributed by atoms with Crippen molar-refractivity contribution < 1.29 is 27.4 Å². The zero-order chi connectivity index (χ0) is 26.1. The number of nitrogens with one attached hydrogen (secondary N) is 1. The number of carbonyl (C=O) groups excluding carboxylic acids is 1. The highest BCUT2D eigenvalue weighted by Gasteiger charge is 2.40. The van der Waals surface area contributed by atoms with E-state index < -0.39 is 35.6 Å². The zero-order valence-corrected chi connectivity index (χ0v) is 20.0. The topological polar surface area (TPSA) is 102 Å². The molecule has 1 saturated heterocycles. The molecule has 0 saturated carbocycles. The number of aromatic nitrogens is 4. The molecule has 4 rings (SSSR count).